The average Bonchev–Trinajstić information content (AvgIpc) is 3.06. The fourth-order valence-corrected chi connectivity index (χ4v) is 3.17. The fraction of sp³-hybridized carbons (Fsp3) is 0.130. The van der Waals surface area contributed by atoms with Crippen molar-refractivity contribution in [3.05, 3.63) is 83.9 Å². The van der Waals surface area contributed by atoms with Gasteiger partial charge in [-0.2, -0.15) is 0 Å². The molecule has 5 nitrogen and oxygen atoms in total. The van der Waals surface area contributed by atoms with Gasteiger partial charge in [0.05, 0.1) is 11.0 Å². The van der Waals surface area contributed by atoms with Crippen LogP contribution in [0.15, 0.2) is 72.8 Å². The van der Waals surface area contributed by atoms with Gasteiger partial charge in [0.2, 0.25) is 0 Å². The van der Waals surface area contributed by atoms with Gasteiger partial charge in [-0.3, -0.25) is 4.79 Å². The van der Waals surface area contributed by atoms with Crippen LogP contribution in [0.3, 0.4) is 0 Å². The van der Waals surface area contributed by atoms with Crippen molar-refractivity contribution in [2.75, 3.05) is 0 Å². The highest BCUT2D eigenvalue weighted by Gasteiger charge is 2.15. The second-order valence-corrected chi connectivity index (χ2v) is 6.71. The van der Waals surface area contributed by atoms with Gasteiger partial charge in [0.25, 0.3) is 0 Å². The van der Waals surface area contributed by atoms with E-state index in [1.165, 1.54) is 5.56 Å². The Morgan fingerprint density at radius 3 is 2.61 bits per heavy atom. The largest absolute Gasteiger partial charge is 0.489 e. The summed E-state index contributed by atoms with van der Waals surface area (Å²) in [5.74, 6) is 0.424. The van der Waals surface area contributed by atoms with E-state index in [4.69, 9.17) is 4.74 Å². The van der Waals surface area contributed by atoms with Gasteiger partial charge in [0.1, 0.15) is 24.7 Å². The predicted molar refractivity (Wildman–Crippen MR) is 108 cm³/mol. The molecule has 0 aliphatic carbocycles. The number of benzene rings is 3. The Bertz CT molecular complexity index is 1130. The van der Waals surface area contributed by atoms with Crippen molar-refractivity contribution in [2.24, 2.45) is 0 Å². The van der Waals surface area contributed by atoms with Gasteiger partial charge in [-0.1, -0.05) is 54.1 Å². The van der Waals surface area contributed by atoms with Crippen molar-refractivity contribution in [1.29, 1.82) is 0 Å². The lowest BCUT2D eigenvalue weighted by Gasteiger charge is -2.10. The lowest BCUT2D eigenvalue weighted by atomic mass is 10.1. The molecular formula is C23H20N2O3. The SMILES string of the molecule is Cc1ccc(COc2cccc(-c3nc4ccccc4n3CC(=O)O)c2)cc1. The molecule has 0 atom stereocenters. The number of aliphatic carboxylic acids is 1. The van der Waals surface area contributed by atoms with Gasteiger partial charge in [-0.25, -0.2) is 4.98 Å². The highest BCUT2D eigenvalue weighted by atomic mass is 16.5. The van der Waals surface area contributed by atoms with Crippen LogP contribution in [0, 0.1) is 6.92 Å². The molecule has 0 saturated heterocycles. The van der Waals surface area contributed by atoms with E-state index < -0.39 is 5.97 Å². The third kappa shape index (κ3) is 3.74. The molecule has 3 aromatic carbocycles. The first-order valence-electron chi connectivity index (χ1n) is 9.06. The molecule has 140 valence electrons. The molecule has 0 aliphatic rings. The molecule has 0 radical (unpaired) electrons. The summed E-state index contributed by atoms with van der Waals surface area (Å²) < 4.78 is 7.65. The van der Waals surface area contributed by atoms with Crippen LogP contribution < -0.4 is 4.74 Å². The van der Waals surface area contributed by atoms with Gasteiger partial charge >= 0.3 is 5.97 Å². The Balaban J connectivity index is 1.65. The minimum atomic E-state index is -0.906. The lowest BCUT2D eigenvalue weighted by Crippen LogP contribution is -2.10. The summed E-state index contributed by atoms with van der Waals surface area (Å²) in [4.78, 5) is 16.0. The first kappa shape index (κ1) is 17.8. The van der Waals surface area contributed by atoms with Crippen molar-refractivity contribution >= 4 is 17.0 Å². The summed E-state index contributed by atoms with van der Waals surface area (Å²) in [5, 5.41) is 9.33. The lowest BCUT2D eigenvalue weighted by molar-refractivity contribution is -0.137. The maximum absolute atomic E-state index is 11.4. The third-order valence-electron chi connectivity index (χ3n) is 4.57. The number of carbonyl (C=O) groups is 1. The molecule has 5 heteroatoms. The maximum Gasteiger partial charge on any atom is 0.323 e. The molecule has 0 bridgehead atoms. The van der Waals surface area contributed by atoms with Crippen molar-refractivity contribution in [2.45, 2.75) is 20.1 Å². The van der Waals surface area contributed by atoms with Crippen LogP contribution in [0.4, 0.5) is 0 Å². The van der Waals surface area contributed by atoms with Gasteiger partial charge in [0, 0.05) is 5.56 Å². The molecule has 1 N–H and O–H groups in total. The normalized spacial score (nSPS) is 10.9. The molecule has 28 heavy (non-hydrogen) atoms. The number of hydrogen-bond donors (Lipinski definition) is 1. The van der Waals surface area contributed by atoms with Crippen molar-refractivity contribution in [3.63, 3.8) is 0 Å². The predicted octanol–water partition coefficient (Wildman–Crippen LogP) is 4.68. The van der Waals surface area contributed by atoms with Crippen LogP contribution in [0.2, 0.25) is 0 Å². The first-order chi connectivity index (χ1) is 13.6. The molecule has 4 aromatic rings. The smallest absolute Gasteiger partial charge is 0.323 e. The summed E-state index contributed by atoms with van der Waals surface area (Å²) >= 11 is 0. The number of hydrogen-bond acceptors (Lipinski definition) is 3. The molecule has 1 heterocycles. The summed E-state index contributed by atoms with van der Waals surface area (Å²) in [6, 6.07) is 23.3. The van der Waals surface area contributed by atoms with E-state index in [0.717, 1.165) is 22.2 Å². The number of aromatic nitrogens is 2. The van der Waals surface area contributed by atoms with Crippen LogP contribution >= 0.6 is 0 Å². The van der Waals surface area contributed by atoms with E-state index in [0.29, 0.717) is 18.2 Å². The minimum Gasteiger partial charge on any atom is -0.489 e. The Hall–Kier alpha value is -3.60. The minimum absolute atomic E-state index is 0.149. The van der Waals surface area contributed by atoms with Crippen LogP contribution in [-0.4, -0.2) is 20.6 Å². The summed E-state index contributed by atoms with van der Waals surface area (Å²) in [6.45, 7) is 2.37. The Labute approximate surface area is 162 Å². The topological polar surface area (TPSA) is 64.4 Å². The monoisotopic (exact) mass is 372 g/mol. The molecule has 0 fully saturated rings. The number of nitrogens with zero attached hydrogens (tertiary/aromatic N) is 2. The fourth-order valence-electron chi connectivity index (χ4n) is 3.17. The van der Waals surface area contributed by atoms with Crippen LogP contribution in [0.25, 0.3) is 22.4 Å². The van der Waals surface area contributed by atoms with Crippen molar-refractivity contribution < 1.29 is 14.6 Å². The number of aryl methyl sites for hydroxylation is 1. The zero-order valence-electron chi connectivity index (χ0n) is 15.5. The highest BCUT2D eigenvalue weighted by molar-refractivity contribution is 5.83. The zero-order chi connectivity index (χ0) is 19.5. The molecule has 0 aliphatic heterocycles. The van der Waals surface area contributed by atoms with Gasteiger partial charge in [-0.05, 0) is 36.8 Å². The van der Waals surface area contributed by atoms with E-state index in [1.807, 2.05) is 60.7 Å². The van der Waals surface area contributed by atoms with E-state index >= 15 is 0 Å². The number of fused-ring (bicyclic) bond motifs is 1. The molecular weight excluding hydrogens is 352 g/mol. The van der Waals surface area contributed by atoms with Crippen LogP contribution in [-0.2, 0) is 17.9 Å². The first-order valence-corrected chi connectivity index (χ1v) is 9.06. The van der Waals surface area contributed by atoms with Crippen LogP contribution in [0.5, 0.6) is 5.75 Å². The molecule has 0 spiro atoms. The summed E-state index contributed by atoms with van der Waals surface area (Å²) in [6.07, 6.45) is 0. The number of carboxylic acid groups (broad SMARTS) is 1. The van der Waals surface area contributed by atoms with Crippen molar-refractivity contribution in [3.8, 4) is 17.1 Å². The second-order valence-electron chi connectivity index (χ2n) is 6.71. The number of imidazole rings is 1. The summed E-state index contributed by atoms with van der Waals surface area (Å²) in [7, 11) is 0. The Morgan fingerprint density at radius 2 is 1.82 bits per heavy atom. The van der Waals surface area contributed by atoms with Gasteiger partial charge in [0.15, 0.2) is 0 Å². The number of para-hydroxylation sites is 2. The quantitative estimate of drug-likeness (QED) is 0.534. The third-order valence-corrected chi connectivity index (χ3v) is 4.57. The van der Waals surface area contributed by atoms with E-state index in [1.54, 1.807) is 4.57 Å². The van der Waals surface area contributed by atoms with E-state index in [9.17, 15) is 9.90 Å². The average molecular weight is 372 g/mol. The Kier molecular flexibility index (Phi) is 4.81. The van der Waals surface area contributed by atoms with E-state index in [2.05, 4.69) is 24.0 Å². The van der Waals surface area contributed by atoms with Gasteiger partial charge in [-0.15, -0.1) is 0 Å². The summed E-state index contributed by atoms with van der Waals surface area (Å²) in [5.41, 5.74) is 4.69. The molecule has 4 rings (SSSR count). The Morgan fingerprint density at radius 1 is 1.04 bits per heavy atom. The molecule has 0 amide bonds. The van der Waals surface area contributed by atoms with E-state index in [-0.39, 0.29) is 6.54 Å². The number of ether oxygens (including phenoxy) is 1. The van der Waals surface area contributed by atoms with Crippen molar-refractivity contribution in [1.82, 2.24) is 9.55 Å². The maximum atomic E-state index is 11.4. The number of carboxylic acids is 1. The molecule has 1 aromatic heterocycles. The number of rotatable bonds is 6. The van der Waals surface area contributed by atoms with Gasteiger partial charge < -0.3 is 14.4 Å². The van der Waals surface area contributed by atoms with Crippen LogP contribution in [0.1, 0.15) is 11.1 Å². The highest BCUT2D eigenvalue weighted by Crippen LogP contribution is 2.27. The molecule has 0 saturated carbocycles. The zero-order valence-corrected chi connectivity index (χ0v) is 15.5. The second kappa shape index (κ2) is 7.56. The molecule has 0 unspecified atom stereocenters. The standard InChI is InChI=1S/C23H20N2O3/c1-16-9-11-17(12-10-16)15-28-19-6-4-5-18(13-19)23-24-20-7-2-3-8-21(20)25(23)14-22(26)27/h2-13H,14-15H2,1H3,(H,26,27).